The monoisotopic (exact) mass is 383 g/mol. The van der Waals surface area contributed by atoms with Crippen molar-refractivity contribution in [1.82, 2.24) is 15.5 Å². The summed E-state index contributed by atoms with van der Waals surface area (Å²) < 4.78 is 5.80. The lowest BCUT2D eigenvalue weighted by Crippen LogP contribution is -2.33. The molecule has 1 aliphatic heterocycles. The summed E-state index contributed by atoms with van der Waals surface area (Å²) in [4.78, 5) is 26.1. The van der Waals surface area contributed by atoms with Crippen LogP contribution in [0.15, 0.2) is 24.3 Å². The van der Waals surface area contributed by atoms with E-state index < -0.39 is 0 Å². The van der Waals surface area contributed by atoms with Crippen LogP contribution in [-0.2, 0) is 9.59 Å². The maximum atomic E-state index is 12.2. The molecule has 1 aromatic rings. The van der Waals surface area contributed by atoms with Crippen molar-refractivity contribution in [2.24, 2.45) is 0 Å². The molecular weight excluding hydrogens is 354 g/mol. The van der Waals surface area contributed by atoms with Gasteiger partial charge in [0.2, 0.25) is 5.91 Å². The lowest BCUT2D eigenvalue weighted by molar-refractivity contribution is -0.132. The summed E-state index contributed by atoms with van der Waals surface area (Å²) >= 11 is 0. The number of carbonyl (C=O) groups is 2. The Balaban J connectivity index is 0.00000338. The van der Waals surface area contributed by atoms with Gasteiger partial charge in [0, 0.05) is 31.6 Å². The Hall–Kier alpha value is -1.79. The number of likely N-dealkylation sites (tertiary alicyclic amines) is 1. The number of amides is 2. The molecule has 26 heavy (non-hydrogen) atoms. The molecule has 1 atom stereocenters. The first-order chi connectivity index (χ1) is 12.2. The molecule has 1 unspecified atom stereocenters. The molecule has 2 N–H and O–H groups in total. The van der Waals surface area contributed by atoms with Gasteiger partial charge in [0.25, 0.3) is 5.91 Å². The molecule has 2 rings (SSSR count). The highest BCUT2D eigenvalue weighted by Crippen LogP contribution is 2.27. The topological polar surface area (TPSA) is 70.7 Å². The van der Waals surface area contributed by atoms with Crippen LogP contribution < -0.4 is 15.4 Å². The van der Waals surface area contributed by atoms with E-state index >= 15 is 0 Å². The highest BCUT2D eigenvalue weighted by atomic mass is 35.5. The molecule has 0 aliphatic carbocycles. The van der Waals surface area contributed by atoms with Crippen LogP contribution in [0.3, 0.4) is 0 Å². The minimum atomic E-state index is -0.123. The van der Waals surface area contributed by atoms with Gasteiger partial charge in [-0.1, -0.05) is 25.1 Å². The fourth-order valence-corrected chi connectivity index (χ4v) is 3.00. The molecule has 0 spiro atoms. The second-order valence-electron chi connectivity index (χ2n) is 6.30. The molecule has 0 radical (unpaired) electrons. The molecule has 1 saturated heterocycles. The molecule has 0 aromatic heterocycles. The molecular formula is C19H30ClN3O3. The average molecular weight is 384 g/mol. The molecule has 1 aliphatic rings. The minimum absolute atomic E-state index is 0. The maximum Gasteiger partial charge on any atom is 0.260 e. The number of hydrogen-bond donors (Lipinski definition) is 2. The molecule has 0 bridgehead atoms. The number of nitrogens with one attached hydrogen (secondary N) is 2. The number of ether oxygens (including phenoxy) is 1. The summed E-state index contributed by atoms with van der Waals surface area (Å²) in [6, 6.07) is 7.49. The van der Waals surface area contributed by atoms with E-state index in [2.05, 4.69) is 10.6 Å². The molecule has 1 fully saturated rings. The third-order valence-corrected chi connectivity index (χ3v) is 4.45. The maximum absolute atomic E-state index is 12.2. The van der Waals surface area contributed by atoms with Crippen LogP contribution in [0.2, 0.25) is 0 Å². The SMILES string of the molecule is CCC(NC(=O)CCNC)c1ccccc1OCC(=O)N1CCCC1.Cl. The Bertz CT molecular complexity index is 577. The van der Waals surface area contributed by atoms with Gasteiger partial charge < -0.3 is 20.3 Å². The van der Waals surface area contributed by atoms with Crippen LogP contribution in [0.5, 0.6) is 5.75 Å². The van der Waals surface area contributed by atoms with Crippen molar-refractivity contribution < 1.29 is 14.3 Å². The number of benzene rings is 1. The first-order valence-electron chi connectivity index (χ1n) is 9.09. The van der Waals surface area contributed by atoms with Gasteiger partial charge in [-0.25, -0.2) is 0 Å². The number of hydrogen-bond acceptors (Lipinski definition) is 4. The van der Waals surface area contributed by atoms with E-state index in [0.717, 1.165) is 37.9 Å². The Morgan fingerprint density at radius 2 is 1.92 bits per heavy atom. The van der Waals surface area contributed by atoms with E-state index in [4.69, 9.17) is 4.74 Å². The summed E-state index contributed by atoms with van der Waals surface area (Å²) in [6.45, 7) is 4.35. The van der Waals surface area contributed by atoms with Gasteiger partial charge in [0.05, 0.1) is 6.04 Å². The summed E-state index contributed by atoms with van der Waals surface area (Å²) in [5.74, 6) is 0.693. The molecule has 146 valence electrons. The van der Waals surface area contributed by atoms with Crippen LogP contribution in [0.25, 0.3) is 0 Å². The number of carbonyl (C=O) groups excluding carboxylic acids is 2. The van der Waals surface area contributed by atoms with Crippen LogP contribution in [0.4, 0.5) is 0 Å². The lowest BCUT2D eigenvalue weighted by Gasteiger charge is -2.21. The quantitative estimate of drug-likeness (QED) is 0.686. The third kappa shape index (κ3) is 6.50. The number of halogens is 1. The Labute approximate surface area is 162 Å². The minimum Gasteiger partial charge on any atom is -0.483 e. The van der Waals surface area contributed by atoms with Crippen molar-refractivity contribution in [2.75, 3.05) is 33.3 Å². The Kier molecular flexibility index (Phi) is 10.1. The third-order valence-electron chi connectivity index (χ3n) is 4.45. The number of rotatable bonds is 9. The zero-order valence-electron chi connectivity index (χ0n) is 15.6. The van der Waals surface area contributed by atoms with E-state index in [1.165, 1.54) is 0 Å². The summed E-state index contributed by atoms with van der Waals surface area (Å²) in [5.41, 5.74) is 0.914. The van der Waals surface area contributed by atoms with E-state index in [0.29, 0.717) is 18.7 Å². The van der Waals surface area contributed by atoms with Crippen LogP contribution >= 0.6 is 12.4 Å². The van der Waals surface area contributed by atoms with Gasteiger partial charge in [-0.2, -0.15) is 0 Å². The smallest absolute Gasteiger partial charge is 0.260 e. The Morgan fingerprint density at radius 3 is 2.58 bits per heavy atom. The summed E-state index contributed by atoms with van der Waals surface area (Å²) in [7, 11) is 1.82. The number of para-hydroxylation sites is 1. The fraction of sp³-hybridized carbons (Fsp3) is 0.579. The molecule has 0 saturated carbocycles. The predicted octanol–water partition coefficient (Wildman–Crippen LogP) is 2.29. The van der Waals surface area contributed by atoms with Gasteiger partial charge in [-0.3, -0.25) is 9.59 Å². The van der Waals surface area contributed by atoms with E-state index in [1.54, 1.807) is 0 Å². The average Bonchev–Trinajstić information content (AvgIpc) is 3.17. The van der Waals surface area contributed by atoms with Gasteiger partial charge in [-0.15, -0.1) is 12.4 Å². The summed E-state index contributed by atoms with van der Waals surface area (Å²) in [6.07, 6.45) is 3.33. The van der Waals surface area contributed by atoms with Crippen molar-refractivity contribution in [3.05, 3.63) is 29.8 Å². The van der Waals surface area contributed by atoms with Crippen LogP contribution in [0, 0.1) is 0 Å². The molecule has 2 amide bonds. The second kappa shape index (κ2) is 11.8. The van der Waals surface area contributed by atoms with Gasteiger partial charge >= 0.3 is 0 Å². The molecule has 7 heteroatoms. The van der Waals surface area contributed by atoms with Crippen LogP contribution in [0.1, 0.15) is 44.2 Å². The van der Waals surface area contributed by atoms with E-state index in [-0.39, 0.29) is 36.9 Å². The zero-order chi connectivity index (χ0) is 18.1. The lowest BCUT2D eigenvalue weighted by atomic mass is 10.0. The van der Waals surface area contributed by atoms with Crippen LogP contribution in [-0.4, -0.2) is 50.0 Å². The van der Waals surface area contributed by atoms with E-state index in [9.17, 15) is 9.59 Å². The van der Waals surface area contributed by atoms with Crippen molar-refractivity contribution in [1.29, 1.82) is 0 Å². The van der Waals surface area contributed by atoms with Crippen molar-refractivity contribution in [2.45, 2.75) is 38.6 Å². The molecule has 6 nitrogen and oxygen atoms in total. The standard InChI is InChI=1S/C19H29N3O3.ClH/c1-3-16(21-18(23)10-11-20-2)15-8-4-5-9-17(15)25-14-19(24)22-12-6-7-13-22;/h4-5,8-9,16,20H,3,6-7,10-14H2,1-2H3,(H,21,23);1H. The largest absolute Gasteiger partial charge is 0.483 e. The van der Waals surface area contributed by atoms with E-state index in [1.807, 2.05) is 43.1 Å². The fourth-order valence-electron chi connectivity index (χ4n) is 3.00. The van der Waals surface area contributed by atoms with Crippen molar-refractivity contribution in [3.63, 3.8) is 0 Å². The van der Waals surface area contributed by atoms with Crippen molar-refractivity contribution >= 4 is 24.2 Å². The first-order valence-corrected chi connectivity index (χ1v) is 9.09. The highest BCUT2D eigenvalue weighted by molar-refractivity contribution is 5.85. The van der Waals surface area contributed by atoms with Gasteiger partial charge in [-0.05, 0) is 32.4 Å². The Morgan fingerprint density at radius 1 is 1.23 bits per heavy atom. The van der Waals surface area contributed by atoms with Gasteiger partial charge in [0.15, 0.2) is 6.61 Å². The summed E-state index contributed by atoms with van der Waals surface area (Å²) in [5, 5.41) is 6.02. The molecule has 1 heterocycles. The normalized spacial score (nSPS) is 14.5. The molecule has 1 aromatic carbocycles. The second-order valence-corrected chi connectivity index (χ2v) is 6.30. The predicted molar refractivity (Wildman–Crippen MR) is 105 cm³/mol. The zero-order valence-corrected chi connectivity index (χ0v) is 16.4. The van der Waals surface area contributed by atoms with Crippen molar-refractivity contribution in [3.8, 4) is 5.75 Å². The number of nitrogens with zero attached hydrogens (tertiary/aromatic N) is 1. The highest BCUT2D eigenvalue weighted by Gasteiger charge is 2.20. The first kappa shape index (κ1) is 22.3. The van der Waals surface area contributed by atoms with Gasteiger partial charge in [0.1, 0.15) is 5.75 Å².